The predicted molar refractivity (Wildman–Crippen MR) is 89.2 cm³/mol. The van der Waals surface area contributed by atoms with Gasteiger partial charge in [0.05, 0.1) is 12.6 Å². The van der Waals surface area contributed by atoms with Crippen molar-refractivity contribution in [1.82, 2.24) is 10.6 Å². The lowest BCUT2D eigenvalue weighted by molar-refractivity contribution is -0.928. The number of carbonyl (C=O) groups is 2. The number of carbonyl (C=O) groups excluding carboxylic acids is 2. The van der Waals surface area contributed by atoms with Crippen LogP contribution in [0.1, 0.15) is 70.6 Å². The topological polar surface area (TPSA) is 62.6 Å². The van der Waals surface area contributed by atoms with Gasteiger partial charge in [0.1, 0.15) is 0 Å². The van der Waals surface area contributed by atoms with Crippen LogP contribution in [0, 0.1) is 5.92 Å². The van der Waals surface area contributed by atoms with Gasteiger partial charge < -0.3 is 10.2 Å². The zero-order valence-electron chi connectivity index (χ0n) is 14.2. The third-order valence-corrected chi connectivity index (χ3v) is 6.09. The summed E-state index contributed by atoms with van der Waals surface area (Å²) < 4.78 is 0. The van der Waals surface area contributed by atoms with E-state index in [9.17, 15) is 9.59 Å². The Bertz CT molecular complexity index is 418. The molecule has 1 unspecified atom stereocenters. The predicted octanol–water partition coefficient (Wildman–Crippen LogP) is 1.38. The molecule has 5 nitrogen and oxygen atoms in total. The number of amides is 3. The lowest BCUT2D eigenvalue weighted by atomic mass is 9.78. The Morgan fingerprint density at radius 1 is 0.870 bits per heavy atom. The van der Waals surface area contributed by atoms with Crippen LogP contribution in [0.2, 0.25) is 0 Å². The highest BCUT2D eigenvalue weighted by atomic mass is 16.2. The molecule has 0 aromatic carbocycles. The molecule has 0 spiro atoms. The molecule has 3 rings (SSSR count). The van der Waals surface area contributed by atoms with Crippen LogP contribution in [0.5, 0.6) is 0 Å². The maximum Gasteiger partial charge on any atom is 0.321 e. The molecule has 1 saturated heterocycles. The van der Waals surface area contributed by atoms with Crippen molar-refractivity contribution >= 4 is 11.9 Å². The molecule has 0 bridgehead atoms. The van der Waals surface area contributed by atoms with Crippen LogP contribution in [0.25, 0.3) is 0 Å². The zero-order chi connectivity index (χ0) is 16.1. The second kappa shape index (κ2) is 8.13. The smallest absolute Gasteiger partial charge is 0.321 e. The van der Waals surface area contributed by atoms with E-state index in [1.54, 1.807) is 0 Å². The number of hydrogen-bond donors (Lipinski definition) is 3. The summed E-state index contributed by atoms with van der Waals surface area (Å²) in [7, 11) is 0. The van der Waals surface area contributed by atoms with Crippen LogP contribution in [0.3, 0.4) is 0 Å². The molecule has 2 saturated carbocycles. The van der Waals surface area contributed by atoms with Crippen LogP contribution in [0.4, 0.5) is 4.79 Å². The van der Waals surface area contributed by atoms with E-state index in [4.69, 9.17) is 0 Å². The Kier molecular flexibility index (Phi) is 5.92. The highest BCUT2D eigenvalue weighted by Crippen LogP contribution is 2.28. The summed E-state index contributed by atoms with van der Waals surface area (Å²) in [5, 5.41) is 5.52. The minimum absolute atomic E-state index is 0.112. The van der Waals surface area contributed by atoms with Gasteiger partial charge in [0.15, 0.2) is 6.54 Å². The van der Waals surface area contributed by atoms with Crippen molar-refractivity contribution in [1.29, 1.82) is 0 Å². The van der Waals surface area contributed by atoms with E-state index in [1.807, 2.05) is 0 Å². The van der Waals surface area contributed by atoms with E-state index in [0.717, 1.165) is 25.3 Å². The number of imide groups is 1. The van der Waals surface area contributed by atoms with Crippen molar-refractivity contribution in [2.24, 2.45) is 5.92 Å². The molecule has 3 aliphatic rings. The van der Waals surface area contributed by atoms with Crippen molar-refractivity contribution in [3.05, 3.63) is 0 Å². The van der Waals surface area contributed by atoms with Crippen molar-refractivity contribution in [3.8, 4) is 0 Å². The van der Waals surface area contributed by atoms with Gasteiger partial charge in [-0.1, -0.05) is 25.7 Å². The fourth-order valence-electron chi connectivity index (χ4n) is 4.93. The molecule has 23 heavy (non-hydrogen) atoms. The van der Waals surface area contributed by atoms with Gasteiger partial charge in [-0.3, -0.25) is 10.1 Å². The van der Waals surface area contributed by atoms with E-state index in [0.29, 0.717) is 12.6 Å². The summed E-state index contributed by atoms with van der Waals surface area (Å²) in [5.74, 6) is 0.691. The Hall–Kier alpha value is -1.10. The zero-order valence-corrected chi connectivity index (χ0v) is 14.2. The normalized spacial score (nSPS) is 31.9. The number of piperidine rings is 1. The van der Waals surface area contributed by atoms with Crippen molar-refractivity contribution in [2.75, 3.05) is 13.1 Å². The summed E-state index contributed by atoms with van der Waals surface area (Å²) in [6.45, 7) is 1.54. The molecule has 130 valence electrons. The lowest BCUT2D eigenvalue weighted by Crippen LogP contribution is -3.18. The molecule has 5 heteroatoms. The number of urea groups is 1. The molecule has 1 aliphatic heterocycles. The minimum atomic E-state index is -0.293. The molecular formula is C18H32N3O2+. The van der Waals surface area contributed by atoms with Crippen molar-refractivity contribution < 1.29 is 14.5 Å². The molecular weight excluding hydrogens is 290 g/mol. The summed E-state index contributed by atoms with van der Waals surface area (Å²) in [4.78, 5) is 25.6. The van der Waals surface area contributed by atoms with Gasteiger partial charge in [-0.2, -0.15) is 0 Å². The second-order valence-corrected chi connectivity index (χ2v) is 7.73. The molecule has 2 aliphatic carbocycles. The molecule has 3 N–H and O–H groups in total. The van der Waals surface area contributed by atoms with Crippen LogP contribution >= 0.6 is 0 Å². The third-order valence-electron chi connectivity index (χ3n) is 6.09. The fraction of sp³-hybridized carbons (Fsp3) is 0.889. The number of fused-ring (bicyclic) bond motifs is 1. The number of hydrogen-bond acceptors (Lipinski definition) is 2. The average molecular weight is 322 g/mol. The minimum Gasteiger partial charge on any atom is -0.335 e. The van der Waals surface area contributed by atoms with Gasteiger partial charge in [-0.05, 0) is 44.9 Å². The lowest BCUT2D eigenvalue weighted by Gasteiger charge is -2.40. The quantitative estimate of drug-likeness (QED) is 0.735. The molecule has 3 atom stereocenters. The van der Waals surface area contributed by atoms with E-state index >= 15 is 0 Å². The Balaban J connectivity index is 1.43. The highest BCUT2D eigenvalue weighted by Gasteiger charge is 2.37. The third kappa shape index (κ3) is 4.69. The summed E-state index contributed by atoms with van der Waals surface area (Å²) in [5.41, 5.74) is 0. The molecule has 1 heterocycles. The number of nitrogens with one attached hydrogen (secondary N) is 3. The van der Waals surface area contributed by atoms with Crippen LogP contribution in [0.15, 0.2) is 0 Å². The standard InChI is InChI=1S/C18H31N3O2/c22-17(20-18(23)19-15-9-2-1-3-10-15)13-21-12-6-8-14-7-4-5-11-16(14)21/h14-16H,1-13H2,(H2,19,20,22,23)/p+1/t14-,16-/m0/s1. The molecule has 0 radical (unpaired) electrons. The first-order valence-electron chi connectivity index (χ1n) is 9.67. The Morgan fingerprint density at radius 3 is 2.39 bits per heavy atom. The SMILES string of the molecule is O=C(C[NH+]1CCC[C@@H]2CCCC[C@@H]21)NC(=O)NC1CCCCC1. The van der Waals surface area contributed by atoms with Gasteiger partial charge in [-0.15, -0.1) is 0 Å². The van der Waals surface area contributed by atoms with E-state index in [-0.39, 0.29) is 18.0 Å². The van der Waals surface area contributed by atoms with E-state index in [2.05, 4.69) is 10.6 Å². The molecule has 3 fully saturated rings. The summed E-state index contributed by atoms with van der Waals surface area (Å²) in [6.07, 6.45) is 13.5. The monoisotopic (exact) mass is 322 g/mol. The van der Waals surface area contributed by atoms with Gasteiger partial charge >= 0.3 is 6.03 Å². The first-order chi connectivity index (χ1) is 11.2. The van der Waals surface area contributed by atoms with Gasteiger partial charge in [0, 0.05) is 12.0 Å². The van der Waals surface area contributed by atoms with E-state index in [1.165, 1.54) is 62.7 Å². The van der Waals surface area contributed by atoms with Gasteiger partial charge in [-0.25, -0.2) is 4.79 Å². The number of likely N-dealkylation sites (tertiary alicyclic amines) is 1. The average Bonchev–Trinajstić information content (AvgIpc) is 2.56. The maximum absolute atomic E-state index is 12.2. The fourth-order valence-corrected chi connectivity index (χ4v) is 4.93. The first-order valence-corrected chi connectivity index (χ1v) is 9.67. The van der Waals surface area contributed by atoms with Crippen LogP contribution in [-0.2, 0) is 4.79 Å². The van der Waals surface area contributed by atoms with Crippen molar-refractivity contribution in [2.45, 2.75) is 82.7 Å². The second-order valence-electron chi connectivity index (χ2n) is 7.73. The number of quaternary nitrogens is 1. The summed E-state index contributed by atoms with van der Waals surface area (Å²) >= 11 is 0. The van der Waals surface area contributed by atoms with E-state index < -0.39 is 0 Å². The number of rotatable bonds is 3. The largest absolute Gasteiger partial charge is 0.335 e. The molecule has 0 aromatic heterocycles. The van der Waals surface area contributed by atoms with Gasteiger partial charge in [0.2, 0.25) is 0 Å². The Morgan fingerprint density at radius 2 is 1.57 bits per heavy atom. The first kappa shape index (κ1) is 16.7. The maximum atomic E-state index is 12.2. The molecule has 3 amide bonds. The van der Waals surface area contributed by atoms with Crippen molar-refractivity contribution in [3.63, 3.8) is 0 Å². The Labute approximate surface area is 139 Å². The van der Waals surface area contributed by atoms with Crippen LogP contribution in [-0.4, -0.2) is 37.1 Å². The highest BCUT2D eigenvalue weighted by molar-refractivity contribution is 5.94. The van der Waals surface area contributed by atoms with Crippen LogP contribution < -0.4 is 15.5 Å². The summed E-state index contributed by atoms with van der Waals surface area (Å²) in [6, 6.07) is 0.602. The molecule has 0 aromatic rings. The van der Waals surface area contributed by atoms with Gasteiger partial charge in [0.25, 0.3) is 5.91 Å².